The summed E-state index contributed by atoms with van der Waals surface area (Å²) >= 11 is 0. The third-order valence-electron chi connectivity index (χ3n) is 4.78. The molecule has 0 radical (unpaired) electrons. The van der Waals surface area contributed by atoms with Crippen molar-refractivity contribution >= 4 is 16.5 Å². The fraction of sp³-hybridized carbons (Fsp3) is 0.600. The molecule has 0 aromatic heterocycles. The summed E-state index contributed by atoms with van der Waals surface area (Å²) < 4.78 is 12.5. The van der Waals surface area contributed by atoms with Gasteiger partial charge in [0.2, 0.25) is 0 Å². The van der Waals surface area contributed by atoms with Crippen molar-refractivity contribution in [3.63, 3.8) is 0 Å². The third-order valence-corrected chi connectivity index (χ3v) is 6.36. The fourth-order valence-corrected chi connectivity index (χ4v) is 5.33. The molecule has 4 unspecified atom stereocenters. The lowest BCUT2D eigenvalue weighted by Gasteiger charge is -2.21. The van der Waals surface area contributed by atoms with Crippen molar-refractivity contribution in [2.24, 2.45) is 17.8 Å². The molecule has 2 bridgehead atoms. The smallest absolute Gasteiger partial charge is 0.0620 e. The summed E-state index contributed by atoms with van der Waals surface area (Å²) in [6.45, 7) is 1.98. The summed E-state index contributed by atoms with van der Waals surface area (Å²) in [5.74, 6) is 3.25. The SMILES string of the molecule is Cc1cccc(S(=O)CC2CC3CCC2C3)c1N. The van der Waals surface area contributed by atoms with Crippen LogP contribution < -0.4 is 5.73 Å². The molecular formula is C15H21NOS. The van der Waals surface area contributed by atoms with E-state index in [1.807, 2.05) is 25.1 Å². The van der Waals surface area contributed by atoms with Crippen LogP contribution in [0.15, 0.2) is 23.1 Å². The topological polar surface area (TPSA) is 43.1 Å². The Bertz CT molecular complexity index is 485. The minimum absolute atomic E-state index is 0.671. The van der Waals surface area contributed by atoms with Crippen LogP contribution >= 0.6 is 0 Å². The van der Waals surface area contributed by atoms with Gasteiger partial charge in [0.05, 0.1) is 21.4 Å². The van der Waals surface area contributed by atoms with Crippen LogP contribution in [0.2, 0.25) is 0 Å². The molecule has 2 fully saturated rings. The number of hydrogen-bond donors (Lipinski definition) is 1. The first-order valence-electron chi connectivity index (χ1n) is 6.88. The van der Waals surface area contributed by atoms with Gasteiger partial charge in [0.1, 0.15) is 0 Å². The molecule has 2 N–H and O–H groups in total. The van der Waals surface area contributed by atoms with Gasteiger partial charge < -0.3 is 5.73 Å². The molecule has 0 aliphatic heterocycles. The van der Waals surface area contributed by atoms with Crippen LogP contribution in [0.4, 0.5) is 5.69 Å². The first-order valence-corrected chi connectivity index (χ1v) is 8.20. The molecule has 0 saturated heterocycles. The zero-order valence-electron chi connectivity index (χ0n) is 10.9. The standard InChI is InChI=1S/C15H21NOS/c1-10-3-2-4-14(15(10)16)18(17)9-13-8-11-5-6-12(13)7-11/h2-4,11-13H,5-9,16H2,1H3. The van der Waals surface area contributed by atoms with Crippen LogP contribution in [0, 0.1) is 24.7 Å². The Labute approximate surface area is 111 Å². The van der Waals surface area contributed by atoms with Gasteiger partial charge in [-0.15, -0.1) is 0 Å². The van der Waals surface area contributed by atoms with Crippen LogP contribution in [0.1, 0.15) is 31.2 Å². The summed E-state index contributed by atoms with van der Waals surface area (Å²) in [6, 6.07) is 5.86. The van der Waals surface area contributed by atoms with Gasteiger partial charge in [-0.2, -0.15) is 0 Å². The predicted molar refractivity (Wildman–Crippen MR) is 75.8 cm³/mol. The second kappa shape index (κ2) is 4.69. The van der Waals surface area contributed by atoms with Crippen molar-refractivity contribution in [1.82, 2.24) is 0 Å². The number of fused-ring (bicyclic) bond motifs is 2. The molecule has 1 aromatic carbocycles. The Balaban J connectivity index is 1.73. The summed E-state index contributed by atoms with van der Waals surface area (Å²) in [7, 11) is -0.922. The van der Waals surface area contributed by atoms with Crippen molar-refractivity contribution < 1.29 is 4.21 Å². The Morgan fingerprint density at radius 1 is 1.33 bits per heavy atom. The lowest BCUT2D eigenvalue weighted by Crippen LogP contribution is -2.18. The zero-order valence-corrected chi connectivity index (χ0v) is 11.7. The first kappa shape index (κ1) is 12.2. The van der Waals surface area contributed by atoms with E-state index in [4.69, 9.17) is 5.73 Å². The van der Waals surface area contributed by atoms with E-state index in [-0.39, 0.29) is 0 Å². The molecular weight excluding hydrogens is 242 g/mol. The van der Waals surface area contributed by atoms with E-state index < -0.39 is 10.8 Å². The molecule has 0 spiro atoms. The van der Waals surface area contributed by atoms with Gasteiger partial charge in [0, 0.05) is 5.75 Å². The van der Waals surface area contributed by atoms with E-state index in [9.17, 15) is 4.21 Å². The molecule has 1 aromatic rings. The number of hydrogen-bond acceptors (Lipinski definition) is 2. The monoisotopic (exact) mass is 263 g/mol. The van der Waals surface area contributed by atoms with Crippen LogP contribution in [-0.4, -0.2) is 9.96 Å². The lowest BCUT2D eigenvalue weighted by atomic mass is 9.90. The molecule has 3 heteroatoms. The van der Waals surface area contributed by atoms with Gasteiger partial charge in [-0.3, -0.25) is 4.21 Å². The highest BCUT2D eigenvalue weighted by atomic mass is 32.2. The third kappa shape index (κ3) is 2.09. The highest BCUT2D eigenvalue weighted by Crippen LogP contribution is 2.48. The quantitative estimate of drug-likeness (QED) is 0.851. The first-order chi connectivity index (χ1) is 8.65. The second-order valence-corrected chi connectivity index (χ2v) is 7.40. The van der Waals surface area contributed by atoms with E-state index in [0.717, 1.165) is 33.7 Å². The molecule has 2 saturated carbocycles. The van der Waals surface area contributed by atoms with E-state index >= 15 is 0 Å². The molecule has 4 atom stereocenters. The predicted octanol–water partition coefficient (Wildman–Crippen LogP) is 3.12. The fourth-order valence-electron chi connectivity index (χ4n) is 3.72. The van der Waals surface area contributed by atoms with Gasteiger partial charge in [-0.25, -0.2) is 0 Å². The lowest BCUT2D eigenvalue weighted by molar-refractivity contribution is 0.363. The van der Waals surface area contributed by atoms with Gasteiger partial charge >= 0.3 is 0 Å². The minimum atomic E-state index is -0.922. The molecule has 3 rings (SSSR count). The molecule has 0 heterocycles. The normalized spacial score (nSPS) is 31.7. The summed E-state index contributed by atoms with van der Waals surface area (Å²) in [5.41, 5.74) is 7.80. The van der Waals surface area contributed by atoms with Crippen LogP contribution in [0.25, 0.3) is 0 Å². The molecule has 2 aliphatic carbocycles. The highest BCUT2D eigenvalue weighted by Gasteiger charge is 2.40. The average Bonchev–Trinajstić information content (AvgIpc) is 2.94. The zero-order chi connectivity index (χ0) is 12.7. The summed E-state index contributed by atoms with van der Waals surface area (Å²) in [5, 5.41) is 0. The van der Waals surface area contributed by atoms with Crippen molar-refractivity contribution in [1.29, 1.82) is 0 Å². The van der Waals surface area contributed by atoms with Crippen LogP contribution in [0.5, 0.6) is 0 Å². The maximum Gasteiger partial charge on any atom is 0.0620 e. The van der Waals surface area contributed by atoms with E-state index in [2.05, 4.69) is 0 Å². The van der Waals surface area contributed by atoms with Gasteiger partial charge in [-0.1, -0.05) is 18.6 Å². The Morgan fingerprint density at radius 3 is 2.83 bits per heavy atom. The van der Waals surface area contributed by atoms with Crippen molar-refractivity contribution in [2.45, 2.75) is 37.5 Å². The van der Waals surface area contributed by atoms with Crippen molar-refractivity contribution in [2.75, 3.05) is 11.5 Å². The number of benzene rings is 1. The minimum Gasteiger partial charge on any atom is -0.398 e. The number of nitrogen functional groups attached to an aromatic ring is 1. The van der Waals surface area contributed by atoms with E-state index in [1.165, 1.54) is 25.7 Å². The molecule has 0 amide bonds. The maximum absolute atomic E-state index is 12.5. The second-order valence-electron chi connectivity index (χ2n) is 5.93. The summed E-state index contributed by atoms with van der Waals surface area (Å²) in [4.78, 5) is 0.845. The number of anilines is 1. The highest BCUT2D eigenvalue weighted by molar-refractivity contribution is 7.85. The van der Waals surface area contributed by atoms with E-state index in [0.29, 0.717) is 5.92 Å². The van der Waals surface area contributed by atoms with Gasteiger partial charge in [0.15, 0.2) is 0 Å². The van der Waals surface area contributed by atoms with E-state index in [1.54, 1.807) is 0 Å². The molecule has 2 aliphatic rings. The number of rotatable bonds is 3. The number of aryl methyl sites for hydroxylation is 1. The average molecular weight is 263 g/mol. The molecule has 98 valence electrons. The van der Waals surface area contributed by atoms with Crippen LogP contribution in [-0.2, 0) is 10.8 Å². The van der Waals surface area contributed by atoms with Gasteiger partial charge in [0.25, 0.3) is 0 Å². The summed E-state index contributed by atoms with van der Waals surface area (Å²) in [6.07, 6.45) is 5.43. The Hall–Kier alpha value is -0.830. The van der Waals surface area contributed by atoms with Crippen LogP contribution in [0.3, 0.4) is 0 Å². The Kier molecular flexibility index (Phi) is 3.18. The van der Waals surface area contributed by atoms with Gasteiger partial charge in [-0.05, 0) is 55.6 Å². The maximum atomic E-state index is 12.5. The van der Waals surface area contributed by atoms with Crippen molar-refractivity contribution in [3.05, 3.63) is 23.8 Å². The number of nitrogens with two attached hydrogens (primary N) is 1. The van der Waals surface area contributed by atoms with Crippen molar-refractivity contribution in [3.8, 4) is 0 Å². The largest absolute Gasteiger partial charge is 0.398 e. The number of para-hydroxylation sites is 1. The molecule has 2 nitrogen and oxygen atoms in total. The molecule has 18 heavy (non-hydrogen) atoms. The Morgan fingerprint density at radius 2 is 2.17 bits per heavy atom.